The molecule has 1 atom stereocenters. The second kappa shape index (κ2) is 2.64. The number of rotatable bonds is 1. The minimum absolute atomic E-state index is 0.0694. The molecule has 42 valence electrons. The van der Waals surface area contributed by atoms with Gasteiger partial charge in [0.2, 0.25) is 0 Å². The molecule has 0 spiro atoms. The third-order valence-electron chi connectivity index (χ3n) is 1.33. The molecule has 0 N–H and O–H groups in total. The van der Waals surface area contributed by atoms with E-state index in [0.29, 0.717) is 0 Å². The SMILES string of the molecule is CC[Se]1=CCCC1. The molecule has 0 aliphatic carbocycles. The first-order valence-electron chi connectivity index (χ1n) is 2.93. The van der Waals surface area contributed by atoms with Crippen LogP contribution in [0.2, 0.25) is 10.6 Å². The Hall–Kier alpha value is 0.389. The Morgan fingerprint density at radius 2 is 2.57 bits per heavy atom. The fourth-order valence-corrected chi connectivity index (χ4v) is 4.49. The van der Waals surface area contributed by atoms with Crippen molar-refractivity contribution in [3.05, 3.63) is 0 Å². The Morgan fingerprint density at radius 3 is 2.86 bits per heavy atom. The van der Waals surface area contributed by atoms with E-state index >= 15 is 0 Å². The van der Waals surface area contributed by atoms with Gasteiger partial charge in [-0.1, -0.05) is 0 Å². The summed E-state index contributed by atoms with van der Waals surface area (Å²) in [5.41, 5.74) is 0. The molecule has 1 heterocycles. The van der Waals surface area contributed by atoms with Crippen LogP contribution < -0.4 is 0 Å². The van der Waals surface area contributed by atoms with Crippen LogP contribution in [0.4, 0.5) is 0 Å². The Bertz CT molecular complexity index is 84.2. The van der Waals surface area contributed by atoms with Crippen molar-refractivity contribution in [3.63, 3.8) is 0 Å². The van der Waals surface area contributed by atoms with Crippen molar-refractivity contribution in [2.75, 3.05) is 0 Å². The van der Waals surface area contributed by atoms with Gasteiger partial charge in [0.1, 0.15) is 0 Å². The van der Waals surface area contributed by atoms with Crippen LogP contribution in [0.25, 0.3) is 0 Å². The van der Waals surface area contributed by atoms with E-state index in [1.807, 2.05) is 0 Å². The molecular formula is C6H12Se. The molecule has 0 fully saturated rings. The summed E-state index contributed by atoms with van der Waals surface area (Å²) in [5.74, 6) is 0. The maximum absolute atomic E-state index is 2.58. The van der Waals surface area contributed by atoms with Gasteiger partial charge in [-0.05, 0) is 0 Å². The van der Waals surface area contributed by atoms with Gasteiger partial charge in [-0.2, -0.15) is 0 Å². The standard InChI is InChI=1S/C6H12Se/c1-2-7-5-3-4-6-7/h5H,2-4,6H2,1H3. The Labute approximate surface area is 49.3 Å². The predicted octanol–water partition coefficient (Wildman–Crippen LogP) is 1.68. The molecule has 0 saturated carbocycles. The van der Waals surface area contributed by atoms with Crippen molar-refractivity contribution in [2.24, 2.45) is 0 Å². The first-order valence-corrected chi connectivity index (χ1v) is 6.34. The van der Waals surface area contributed by atoms with Gasteiger partial charge >= 0.3 is 48.8 Å². The van der Waals surface area contributed by atoms with Crippen LogP contribution in [0.3, 0.4) is 0 Å². The summed E-state index contributed by atoms with van der Waals surface area (Å²) >= 11 is -0.0694. The van der Waals surface area contributed by atoms with Crippen molar-refractivity contribution in [1.29, 1.82) is 0 Å². The molecule has 0 aromatic heterocycles. The first-order chi connectivity index (χ1) is 3.43. The van der Waals surface area contributed by atoms with E-state index in [0.717, 1.165) is 0 Å². The number of hydrogen-bond donors (Lipinski definition) is 0. The predicted molar refractivity (Wildman–Crippen MR) is 36.3 cm³/mol. The van der Waals surface area contributed by atoms with Crippen LogP contribution >= 0.6 is 0 Å². The molecule has 1 aliphatic heterocycles. The van der Waals surface area contributed by atoms with Gasteiger partial charge in [0.25, 0.3) is 0 Å². The molecule has 1 unspecified atom stereocenters. The molecule has 0 radical (unpaired) electrons. The van der Waals surface area contributed by atoms with Gasteiger partial charge in [-0.3, -0.25) is 0 Å². The second-order valence-electron chi connectivity index (χ2n) is 1.84. The van der Waals surface area contributed by atoms with E-state index in [1.165, 1.54) is 18.2 Å². The van der Waals surface area contributed by atoms with Crippen molar-refractivity contribution in [3.8, 4) is 0 Å². The molecule has 1 rings (SSSR count). The van der Waals surface area contributed by atoms with Crippen LogP contribution in [0.15, 0.2) is 0 Å². The summed E-state index contributed by atoms with van der Waals surface area (Å²) in [6, 6.07) is 0. The van der Waals surface area contributed by atoms with Crippen molar-refractivity contribution in [2.45, 2.75) is 30.4 Å². The van der Waals surface area contributed by atoms with Gasteiger partial charge in [0.15, 0.2) is 0 Å². The number of hydrogen-bond acceptors (Lipinski definition) is 0. The molecule has 0 saturated heterocycles. The third kappa shape index (κ3) is 1.40. The third-order valence-corrected chi connectivity index (χ3v) is 6.08. The molecule has 0 aromatic rings. The average molecular weight is 163 g/mol. The average Bonchev–Trinajstić information content (AvgIpc) is 2.14. The van der Waals surface area contributed by atoms with Crippen LogP contribution in [0.1, 0.15) is 19.8 Å². The zero-order chi connectivity index (χ0) is 5.11. The van der Waals surface area contributed by atoms with Crippen LogP contribution in [0.5, 0.6) is 0 Å². The van der Waals surface area contributed by atoms with Crippen molar-refractivity contribution < 1.29 is 0 Å². The molecular weight excluding hydrogens is 151 g/mol. The zero-order valence-corrected chi connectivity index (χ0v) is 6.53. The first kappa shape index (κ1) is 5.52. The van der Waals surface area contributed by atoms with E-state index in [9.17, 15) is 0 Å². The molecule has 0 bridgehead atoms. The monoisotopic (exact) mass is 164 g/mol. The Balaban J connectivity index is 2.36. The van der Waals surface area contributed by atoms with Gasteiger partial charge < -0.3 is 0 Å². The molecule has 0 nitrogen and oxygen atoms in total. The second-order valence-corrected chi connectivity index (χ2v) is 6.86. The maximum atomic E-state index is 2.58. The summed E-state index contributed by atoms with van der Waals surface area (Å²) in [6.07, 6.45) is 2.93. The van der Waals surface area contributed by atoms with Crippen LogP contribution in [-0.4, -0.2) is 18.4 Å². The van der Waals surface area contributed by atoms with Crippen LogP contribution in [-0.2, 0) is 0 Å². The van der Waals surface area contributed by atoms with Gasteiger partial charge in [0.05, 0.1) is 0 Å². The summed E-state index contributed by atoms with van der Waals surface area (Å²) < 4.78 is 0. The topological polar surface area (TPSA) is 0 Å². The van der Waals surface area contributed by atoms with E-state index < -0.39 is 0 Å². The van der Waals surface area contributed by atoms with E-state index in [1.54, 1.807) is 5.32 Å². The van der Waals surface area contributed by atoms with E-state index in [4.69, 9.17) is 0 Å². The Morgan fingerprint density at radius 1 is 1.71 bits per heavy atom. The van der Waals surface area contributed by atoms with Crippen molar-refractivity contribution >= 4 is 18.4 Å². The normalized spacial score (nSPS) is 30.1. The van der Waals surface area contributed by atoms with E-state index in [2.05, 4.69) is 11.8 Å². The van der Waals surface area contributed by atoms with Crippen molar-refractivity contribution in [1.82, 2.24) is 0 Å². The molecule has 0 amide bonds. The van der Waals surface area contributed by atoms with Gasteiger partial charge in [-0.25, -0.2) is 0 Å². The van der Waals surface area contributed by atoms with Gasteiger partial charge in [0, 0.05) is 0 Å². The summed E-state index contributed by atoms with van der Waals surface area (Å²) in [4.78, 5) is 2.58. The minimum atomic E-state index is -0.0694. The fourth-order valence-electron chi connectivity index (χ4n) is 0.864. The quantitative estimate of drug-likeness (QED) is 0.516. The molecule has 7 heavy (non-hydrogen) atoms. The zero-order valence-electron chi connectivity index (χ0n) is 4.81. The molecule has 1 aliphatic rings. The van der Waals surface area contributed by atoms with Gasteiger partial charge in [-0.15, -0.1) is 0 Å². The Kier molecular flexibility index (Phi) is 2.08. The summed E-state index contributed by atoms with van der Waals surface area (Å²) in [7, 11) is 0. The fraction of sp³-hybridized carbons (Fsp3) is 0.833. The van der Waals surface area contributed by atoms with Crippen LogP contribution in [0, 0.1) is 0 Å². The summed E-state index contributed by atoms with van der Waals surface area (Å²) in [6.45, 7) is 2.33. The van der Waals surface area contributed by atoms with E-state index in [-0.39, 0.29) is 13.5 Å². The molecule has 0 aromatic carbocycles. The summed E-state index contributed by atoms with van der Waals surface area (Å²) in [5, 5.41) is 3.07. The molecule has 1 heteroatoms.